The van der Waals surface area contributed by atoms with Crippen molar-refractivity contribution in [2.24, 2.45) is 0 Å². The van der Waals surface area contributed by atoms with Crippen LogP contribution < -0.4 is 4.18 Å². The summed E-state index contributed by atoms with van der Waals surface area (Å²) in [5.41, 5.74) is 0.809. The molecular weight excluding hydrogens is 176 g/mol. The monoisotopic (exact) mass is 186 g/mol. The van der Waals surface area contributed by atoms with E-state index in [1.807, 2.05) is 0 Å². The van der Waals surface area contributed by atoms with E-state index in [-0.39, 0.29) is 6.61 Å². The quantitative estimate of drug-likeness (QED) is 0.761. The van der Waals surface area contributed by atoms with E-state index in [0.717, 1.165) is 5.56 Å². The minimum atomic E-state index is -1.29. The Labute approximate surface area is 73.7 Å². The highest BCUT2D eigenvalue weighted by Gasteiger charge is 1.95. The highest BCUT2D eigenvalue weighted by molar-refractivity contribution is 7.79. The number of benzene rings is 1. The number of aliphatic hydroxyl groups excluding tert-OH is 1. The van der Waals surface area contributed by atoms with Gasteiger partial charge in [-0.05, 0) is 17.7 Å². The zero-order valence-corrected chi connectivity index (χ0v) is 7.50. The topological polar surface area (TPSA) is 46.5 Å². The maximum Gasteiger partial charge on any atom is 0.203 e. The van der Waals surface area contributed by atoms with Gasteiger partial charge in [0.15, 0.2) is 0 Å². The SMILES string of the molecule is CS(=O)Oc1ccc(CO)cc1. The first-order valence-electron chi connectivity index (χ1n) is 3.44. The van der Waals surface area contributed by atoms with Gasteiger partial charge in [-0.25, -0.2) is 4.21 Å². The van der Waals surface area contributed by atoms with Gasteiger partial charge in [0.1, 0.15) is 5.75 Å². The Morgan fingerprint density at radius 3 is 2.42 bits per heavy atom. The molecular formula is C8H10O3S. The molecule has 1 atom stereocenters. The van der Waals surface area contributed by atoms with Crippen molar-refractivity contribution in [3.8, 4) is 5.75 Å². The number of hydrogen-bond donors (Lipinski definition) is 1. The van der Waals surface area contributed by atoms with Gasteiger partial charge in [0.05, 0.1) is 6.61 Å². The standard InChI is InChI=1S/C8H10O3S/c1-12(10)11-8-4-2-7(6-9)3-5-8/h2-5,9H,6H2,1H3. The first kappa shape index (κ1) is 9.22. The first-order valence-corrected chi connectivity index (χ1v) is 4.92. The van der Waals surface area contributed by atoms with Crippen molar-refractivity contribution in [2.45, 2.75) is 6.61 Å². The maximum atomic E-state index is 10.6. The molecule has 0 saturated heterocycles. The summed E-state index contributed by atoms with van der Waals surface area (Å²) in [6.07, 6.45) is 1.46. The van der Waals surface area contributed by atoms with Crippen molar-refractivity contribution in [1.82, 2.24) is 0 Å². The number of aliphatic hydroxyl groups is 1. The molecule has 0 heterocycles. The molecule has 1 aromatic carbocycles. The van der Waals surface area contributed by atoms with Crippen LogP contribution in [0.3, 0.4) is 0 Å². The molecule has 1 N–H and O–H groups in total. The minimum absolute atomic E-state index is 0.00942. The van der Waals surface area contributed by atoms with E-state index in [1.54, 1.807) is 24.3 Å². The normalized spacial score (nSPS) is 12.5. The van der Waals surface area contributed by atoms with Gasteiger partial charge in [-0.15, -0.1) is 0 Å². The molecule has 0 fully saturated rings. The molecule has 1 unspecified atom stereocenters. The molecule has 0 aliphatic heterocycles. The van der Waals surface area contributed by atoms with E-state index < -0.39 is 11.1 Å². The Kier molecular flexibility index (Phi) is 3.25. The van der Waals surface area contributed by atoms with Gasteiger partial charge >= 0.3 is 0 Å². The van der Waals surface area contributed by atoms with Crippen LogP contribution in [-0.4, -0.2) is 15.6 Å². The second-order valence-corrected chi connectivity index (χ2v) is 3.26. The fraction of sp³-hybridized carbons (Fsp3) is 0.250. The summed E-state index contributed by atoms with van der Waals surface area (Å²) in [6, 6.07) is 6.80. The van der Waals surface area contributed by atoms with Gasteiger partial charge in [-0.1, -0.05) is 12.1 Å². The molecule has 0 aliphatic carbocycles. The van der Waals surface area contributed by atoms with Crippen LogP contribution in [0.2, 0.25) is 0 Å². The molecule has 3 nitrogen and oxygen atoms in total. The summed E-state index contributed by atoms with van der Waals surface area (Å²) in [6.45, 7) is 0.00942. The molecule has 1 rings (SSSR count). The summed E-state index contributed by atoms with van der Waals surface area (Å²) in [5, 5.41) is 8.71. The van der Waals surface area contributed by atoms with Gasteiger partial charge < -0.3 is 9.29 Å². The van der Waals surface area contributed by atoms with Crippen molar-refractivity contribution in [3.05, 3.63) is 29.8 Å². The molecule has 66 valence electrons. The number of hydrogen-bond acceptors (Lipinski definition) is 3. The summed E-state index contributed by atoms with van der Waals surface area (Å²) < 4.78 is 15.5. The van der Waals surface area contributed by atoms with E-state index in [0.29, 0.717) is 5.75 Å². The Morgan fingerprint density at radius 1 is 1.42 bits per heavy atom. The van der Waals surface area contributed by atoms with Crippen molar-refractivity contribution < 1.29 is 13.5 Å². The van der Waals surface area contributed by atoms with Crippen LogP contribution in [0.15, 0.2) is 24.3 Å². The molecule has 0 spiro atoms. The molecule has 12 heavy (non-hydrogen) atoms. The van der Waals surface area contributed by atoms with Crippen LogP contribution in [-0.2, 0) is 17.7 Å². The summed E-state index contributed by atoms with van der Waals surface area (Å²) in [5.74, 6) is 0.549. The maximum absolute atomic E-state index is 10.6. The first-order chi connectivity index (χ1) is 5.72. The molecule has 0 aromatic heterocycles. The highest BCUT2D eigenvalue weighted by Crippen LogP contribution is 2.12. The molecule has 0 amide bonds. The van der Waals surface area contributed by atoms with Gasteiger partial charge in [0.2, 0.25) is 11.1 Å². The molecule has 0 aliphatic rings. The highest BCUT2D eigenvalue weighted by atomic mass is 32.2. The predicted molar refractivity (Wildman–Crippen MR) is 47.1 cm³/mol. The Balaban J connectivity index is 2.71. The van der Waals surface area contributed by atoms with E-state index in [1.165, 1.54) is 6.26 Å². The second-order valence-electron chi connectivity index (χ2n) is 2.29. The van der Waals surface area contributed by atoms with Crippen LogP contribution in [0.25, 0.3) is 0 Å². The van der Waals surface area contributed by atoms with Crippen molar-refractivity contribution >= 4 is 11.1 Å². The zero-order valence-electron chi connectivity index (χ0n) is 6.69. The van der Waals surface area contributed by atoms with Crippen molar-refractivity contribution in [2.75, 3.05) is 6.26 Å². The summed E-state index contributed by atoms with van der Waals surface area (Å²) >= 11 is -1.29. The fourth-order valence-electron chi connectivity index (χ4n) is 0.786. The lowest BCUT2D eigenvalue weighted by Crippen LogP contribution is -1.96. The Bertz CT molecular complexity index is 268. The number of rotatable bonds is 3. The largest absolute Gasteiger partial charge is 0.401 e. The van der Waals surface area contributed by atoms with Gasteiger partial charge in [0, 0.05) is 6.26 Å². The van der Waals surface area contributed by atoms with E-state index in [9.17, 15) is 4.21 Å². The molecule has 0 saturated carbocycles. The average Bonchev–Trinajstić information content (AvgIpc) is 2.05. The predicted octanol–water partition coefficient (Wildman–Crippen LogP) is 0.851. The minimum Gasteiger partial charge on any atom is -0.401 e. The lowest BCUT2D eigenvalue weighted by Gasteiger charge is -2.01. The molecule has 0 radical (unpaired) electrons. The fourth-order valence-corrected chi connectivity index (χ4v) is 1.17. The van der Waals surface area contributed by atoms with Gasteiger partial charge in [-0.2, -0.15) is 0 Å². The van der Waals surface area contributed by atoms with Crippen LogP contribution in [0.4, 0.5) is 0 Å². The third-order valence-corrected chi connectivity index (χ3v) is 1.75. The Morgan fingerprint density at radius 2 is 2.00 bits per heavy atom. The third-order valence-electron chi connectivity index (χ3n) is 1.32. The van der Waals surface area contributed by atoms with Crippen LogP contribution in [0.5, 0.6) is 5.75 Å². The molecule has 1 aromatic rings. The molecule has 0 bridgehead atoms. The lowest BCUT2D eigenvalue weighted by molar-refractivity contribution is 0.282. The zero-order chi connectivity index (χ0) is 8.97. The van der Waals surface area contributed by atoms with Crippen LogP contribution in [0.1, 0.15) is 5.56 Å². The van der Waals surface area contributed by atoms with Crippen molar-refractivity contribution in [3.63, 3.8) is 0 Å². The van der Waals surface area contributed by atoms with Crippen molar-refractivity contribution in [1.29, 1.82) is 0 Å². The Hall–Kier alpha value is -0.870. The van der Waals surface area contributed by atoms with Gasteiger partial charge in [0.25, 0.3) is 0 Å². The lowest BCUT2D eigenvalue weighted by atomic mass is 10.2. The van der Waals surface area contributed by atoms with E-state index >= 15 is 0 Å². The van der Waals surface area contributed by atoms with E-state index in [2.05, 4.69) is 0 Å². The smallest absolute Gasteiger partial charge is 0.203 e. The summed E-state index contributed by atoms with van der Waals surface area (Å²) in [4.78, 5) is 0. The second kappa shape index (κ2) is 4.23. The average molecular weight is 186 g/mol. The van der Waals surface area contributed by atoms with Crippen LogP contribution >= 0.6 is 0 Å². The van der Waals surface area contributed by atoms with Crippen LogP contribution in [0, 0.1) is 0 Å². The van der Waals surface area contributed by atoms with Gasteiger partial charge in [-0.3, -0.25) is 0 Å². The summed E-state index contributed by atoms with van der Waals surface area (Å²) in [7, 11) is 0. The van der Waals surface area contributed by atoms with E-state index in [4.69, 9.17) is 9.29 Å². The molecule has 4 heteroatoms. The third kappa shape index (κ3) is 2.64.